The maximum Gasteiger partial charge on any atom is 0.0701 e. The average Bonchev–Trinajstić information content (AvgIpc) is 2.89. The third kappa shape index (κ3) is 4.62. The Bertz CT molecular complexity index is 535. The number of hydrogen-bond donors (Lipinski definition) is 1. The third-order valence-electron chi connectivity index (χ3n) is 3.35. The van der Waals surface area contributed by atoms with Crippen molar-refractivity contribution < 1.29 is 0 Å². The van der Waals surface area contributed by atoms with Gasteiger partial charge in [-0.15, -0.1) is 11.3 Å². The minimum absolute atomic E-state index is 0.872. The Morgan fingerprint density at radius 2 is 1.95 bits per heavy atom. The Kier molecular flexibility index (Phi) is 6.07. The van der Waals surface area contributed by atoms with Gasteiger partial charge in [-0.3, -0.25) is 4.90 Å². The van der Waals surface area contributed by atoms with Gasteiger partial charge < -0.3 is 5.32 Å². The first-order chi connectivity index (χ1) is 9.71. The molecule has 2 aromatic rings. The summed E-state index contributed by atoms with van der Waals surface area (Å²) in [6.07, 6.45) is 0. The van der Waals surface area contributed by atoms with Crippen LogP contribution < -0.4 is 5.32 Å². The Hall–Kier alpha value is -0.840. The van der Waals surface area contributed by atoms with Crippen LogP contribution in [0.25, 0.3) is 0 Å². The normalized spacial score (nSPS) is 11.0. The fraction of sp³-hybridized carbons (Fsp3) is 0.375. The lowest BCUT2D eigenvalue weighted by Crippen LogP contribution is -2.22. The molecule has 0 aliphatic heterocycles. The molecule has 0 bridgehead atoms. The lowest BCUT2D eigenvalue weighted by molar-refractivity contribution is 0.296. The molecule has 20 heavy (non-hydrogen) atoms. The van der Waals surface area contributed by atoms with E-state index < -0.39 is 0 Å². The molecule has 0 aliphatic carbocycles. The molecule has 108 valence electrons. The van der Waals surface area contributed by atoms with E-state index in [1.165, 1.54) is 20.6 Å². The van der Waals surface area contributed by atoms with Crippen molar-refractivity contribution in [2.45, 2.75) is 26.9 Å². The van der Waals surface area contributed by atoms with E-state index in [4.69, 9.17) is 0 Å². The number of hydrogen-bond acceptors (Lipinski definition) is 3. The zero-order valence-corrected chi connectivity index (χ0v) is 14.4. The Morgan fingerprint density at radius 3 is 2.60 bits per heavy atom. The van der Waals surface area contributed by atoms with E-state index in [9.17, 15) is 0 Å². The van der Waals surface area contributed by atoms with Gasteiger partial charge in [-0.2, -0.15) is 0 Å². The van der Waals surface area contributed by atoms with Crippen molar-refractivity contribution in [1.29, 1.82) is 0 Å². The lowest BCUT2D eigenvalue weighted by atomic mass is 10.2. The van der Waals surface area contributed by atoms with Crippen LogP contribution in [0.5, 0.6) is 0 Å². The van der Waals surface area contributed by atoms with Crippen LogP contribution in [0.15, 0.2) is 39.5 Å². The average molecular weight is 353 g/mol. The first-order valence-corrected chi connectivity index (χ1v) is 8.66. The highest BCUT2D eigenvalue weighted by atomic mass is 79.9. The predicted molar refractivity (Wildman–Crippen MR) is 92.4 cm³/mol. The van der Waals surface area contributed by atoms with Gasteiger partial charge in [0, 0.05) is 18.8 Å². The quantitative estimate of drug-likeness (QED) is 0.756. The van der Waals surface area contributed by atoms with Crippen molar-refractivity contribution in [2.75, 3.05) is 18.4 Å². The molecule has 0 saturated carbocycles. The summed E-state index contributed by atoms with van der Waals surface area (Å²) in [5.74, 6) is 0. The van der Waals surface area contributed by atoms with Crippen molar-refractivity contribution in [3.63, 3.8) is 0 Å². The van der Waals surface area contributed by atoms with Crippen LogP contribution in [-0.4, -0.2) is 18.0 Å². The number of halogens is 1. The zero-order valence-electron chi connectivity index (χ0n) is 12.0. The van der Waals surface area contributed by atoms with E-state index in [0.29, 0.717) is 0 Å². The second-order valence-electron chi connectivity index (χ2n) is 4.77. The molecular formula is C16H21BrN2S. The summed E-state index contributed by atoms with van der Waals surface area (Å²) < 4.78 is 1.18. The molecule has 0 atom stereocenters. The van der Waals surface area contributed by atoms with Gasteiger partial charge in [0.25, 0.3) is 0 Å². The molecule has 0 aliphatic rings. The molecule has 0 amide bonds. The monoisotopic (exact) mass is 352 g/mol. The zero-order chi connectivity index (χ0) is 14.4. The Morgan fingerprint density at radius 1 is 1.15 bits per heavy atom. The minimum Gasteiger partial charge on any atom is -0.381 e. The molecule has 0 unspecified atom stereocenters. The van der Waals surface area contributed by atoms with Crippen molar-refractivity contribution >= 4 is 33.0 Å². The molecular weight excluding hydrogens is 332 g/mol. The van der Waals surface area contributed by atoms with E-state index in [2.05, 4.69) is 75.7 Å². The van der Waals surface area contributed by atoms with Crippen LogP contribution in [0.4, 0.5) is 5.69 Å². The molecule has 1 N–H and O–H groups in total. The van der Waals surface area contributed by atoms with E-state index in [0.717, 1.165) is 26.2 Å². The summed E-state index contributed by atoms with van der Waals surface area (Å²) in [5, 5.41) is 5.67. The molecule has 0 fully saturated rings. The number of nitrogens with one attached hydrogen (secondary N) is 1. The van der Waals surface area contributed by atoms with Crippen LogP contribution >= 0.6 is 27.3 Å². The molecule has 1 aromatic carbocycles. The molecule has 2 rings (SSSR count). The first-order valence-electron chi connectivity index (χ1n) is 6.99. The van der Waals surface area contributed by atoms with Crippen molar-refractivity contribution in [1.82, 2.24) is 4.90 Å². The van der Waals surface area contributed by atoms with Gasteiger partial charge in [-0.1, -0.05) is 26.0 Å². The second kappa shape index (κ2) is 7.81. The number of nitrogens with zero attached hydrogens (tertiary/aromatic N) is 1. The van der Waals surface area contributed by atoms with E-state index in [1.807, 2.05) is 0 Å². The Labute approximate surface area is 133 Å². The number of thiophene rings is 1. The molecule has 0 radical (unpaired) electrons. The highest BCUT2D eigenvalue weighted by Gasteiger charge is 2.02. The maximum absolute atomic E-state index is 3.50. The van der Waals surface area contributed by atoms with E-state index >= 15 is 0 Å². The summed E-state index contributed by atoms with van der Waals surface area (Å²) in [5.41, 5.74) is 3.87. The number of benzene rings is 1. The maximum atomic E-state index is 3.50. The van der Waals surface area contributed by atoms with Crippen molar-refractivity contribution in [3.8, 4) is 0 Å². The topological polar surface area (TPSA) is 15.3 Å². The van der Waals surface area contributed by atoms with Crippen molar-refractivity contribution in [3.05, 3.63) is 50.6 Å². The smallest absolute Gasteiger partial charge is 0.0701 e. The summed E-state index contributed by atoms with van der Waals surface area (Å²) in [4.78, 5) is 2.43. The van der Waals surface area contributed by atoms with Crippen LogP contribution in [-0.2, 0) is 13.1 Å². The SMILES string of the molecule is CCN(CC)Cc1cccc(NCc2csc(Br)c2)c1. The van der Waals surface area contributed by atoms with Gasteiger partial charge >= 0.3 is 0 Å². The first kappa shape index (κ1) is 15.5. The van der Waals surface area contributed by atoms with Crippen LogP contribution in [0, 0.1) is 0 Å². The van der Waals surface area contributed by atoms with E-state index in [1.54, 1.807) is 11.3 Å². The molecule has 4 heteroatoms. The van der Waals surface area contributed by atoms with Gasteiger partial charge in [0.15, 0.2) is 0 Å². The summed E-state index contributed by atoms with van der Waals surface area (Å²) in [6.45, 7) is 8.50. The third-order valence-corrected chi connectivity index (χ3v) is 4.90. The fourth-order valence-corrected chi connectivity index (χ4v) is 3.34. The van der Waals surface area contributed by atoms with Gasteiger partial charge in [0.2, 0.25) is 0 Å². The lowest BCUT2D eigenvalue weighted by Gasteiger charge is -2.18. The van der Waals surface area contributed by atoms with Crippen LogP contribution in [0.1, 0.15) is 25.0 Å². The minimum atomic E-state index is 0.872. The summed E-state index contributed by atoms with van der Waals surface area (Å²) in [7, 11) is 0. The van der Waals surface area contributed by atoms with Crippen LogP contribution in [0.2, 0.25) is 0 Å². The highest BCUT2D eigenvalue weighted by Crippen LogP contribution is 2.21. The summed E-state index contributed by atoms with van der Waals surface area (Å²) in [6, 6.07) is 10.9. The largest absolute Gasteiger partial charge is 0.381 e. The molecule has 1 heterocycles. The van der Waals surface area contributed by atoms with Crippen molar-refractivity contribution in [2.24, 2.45) is 0 Å². The van der Waals surface area contributed by atoms with Gasteiger partial charge in [0.05, 0.1) is 3.79 Å². The van der Waals surface area contributed by atoms with Gasteiger partial charge in [-0.05, 0) is 63.7 Å². The number of anilines is 1. The summed E-state index contributed by atoms with van der Waals surface area (Å²) >= 11 is 5.23. The molecule has 2 nitrogen and oxygen atoms in total. The van der Waals surface area contributed by atoms with Gasteiger partial charge in [0.1, 0.15) is 0 Å². The number of rotatable bonds is 7. The standard InChI is InChI=1S/C16H21BrN2S/c1-3-19(4-2)11-13-6-5-7-15(8-13)18-10-14-9-16(17)20-12-14/h5-9,12,18H,3-4,10-11H2,1-2H3. The van der Waals surface area contributed by atoms with E-state index in [-0.39, 0.29) is 0 Å². The second-order valence-corrected chi connectivity index (χ2v) is 7.06. The molecule has 0 spiro atoms. The molecule has 1 aromatic heterocycles. The fourth-order valence-electron chi connectivity index (χ4n) is 2.13. The van der Waals surface area contributed by atoms with Crippen LogP contribution in [0.3, 0.4) is 0 Å². The predicted octanol–water partition coefficient (Wildman–Crippen LogP) is 4.96. The molecule has 0 saturated heterocycles. The van der Waals surface area contributed by atoms with Gasteiger partial charge in [-0.25, -0.2) is 0 Å². The highest BCUT2D eigenvalue weighted by molar-refractivity contribution is 9.11. The Balaban J connectivity index is 1.95.